The van der Waals surface area contributed by atoms with Crippen LogP contribution in [0.1, 0.15) is 36.0 Å². The number of esters is 1. The van der Waals surface area contributed by atoms with Crippen LogP contribution >= 0.6 is 11.3 Å². The monoisotopic (exact) mass is 555 g/mol. The Kier molecular flexibility index (Phi) is 10.1. The van der Waals surface area contributed by atoms with E-state index in [-0.39, 0.29) is 17.9 Å². The topological polar surface area (TPSA) is 131 Å². The van der Waals surface area contributed by atoms with Gasteiger partial charge in [-0.15, -0.1) is 0 Å². The van der Waals surface area contributed by atoms with Crippen LogP contribution in [0, 0.1) is 0 Å². The van der Waals surface area contributed by atoms with Gasteiger partial charge in [0.15, 0.2) is 0 Å². The van der Waals surface area contributed by atoms with Crippen molar-refractivity contribution in [3.8, 4) is 10.4 Å². The van der Waals surface area contributed by atoms with E-state index in [4.69, 9.17) is 4.74 Å². The molecule has 200 valence electrons. The summed E-state index contributed by atoms with van der Waals surface area (Å²) in [6, 6.07) is 17.5. The zero-order valence-corrected chi connectivity index (χ0v) is 23.0. The number of ether oxygens (including phenoxy) is 1. The van der Waals surface area contributed by atoms with Crippen molar-refractivity contribution in [1.29, 1.82) is 0 Å². The first kappa shape index (κ1) is 29.4. The molecule has 1 heterocycles. The molecule has 3 rings (SSSR count). The van der Waals surface area contributed by atoms with Gasteiger partial charge in [-0.1, -0.05) is 18.2 Å². The Labute approximate surface area is 227 Å². The van der Waals surface area contributed by atoms with Crippen LogP contribution in [0.15, 0.2) is 71.6 Å². The van der Waals surface area contributed by atoms with Crippen LogP contribution in [0.5, 0.6) is 0 Å². The van der Waals surface area contributed by atoms with Gasteiger partial charge >= 0.3 is 133 Å². The minimum absolute atomic E-state index is 0.0101. The predicted octanol–water partition coefficient (Wildman–Crippen LogP) is 2.93. The average molecular weight is 555 g/mol. The van der Waals surface area contributed by atoms with E-state index >= 15 is 0 Å². The van der Waals surface area contributed by atoms with E-state index in [1.807, 2.05) is 30.3 Å². The number of nitrogens with one attached hydrogen (secondary N) is 3. The fourth-order valence-corrected chi connectivity index (χ4v) is 5.66. The second-order valence-corrected chi connectivity index (χ2v) is 12.1. The van der Waals surface area contributed by atoms with Crippen LogP contribution in [0.25, 0.3) is 10.4 Å². The number of thiophene rings is 1. The van der Waals surface area contributed by atoms with Crippen LogP contribution in [0.2, 0.25) is 0 Å². The van der Waals surface area contributed by atoms with Gasteiger partial charge in [0.25, 0.3) is 0 Å². The standard InChI is InChI=1S/C26H30BN3O6S2/c1-26(2,3)36-25(32)21(30-38(34,35)19-10-5-4-6-11-19)16-29-24(31)23-14-13-22(37-23)20-12-8-7-9-18(20)15-28-17-27-33/h4-14,21,28,30H,15-17H2,1-3H3,(H,29,31). The summed E-state index contributed by atoms with van der Waals surface area (Å²) in [5, 5.41) is 5.69. The number of carbonyl (C=O) groups is 2. The second-order valence-electron chi connectivity index (χ2n) is 9.35. The van der Waals surface area contributed by atoms with Gasteiger partial charge in [-0.2, -0.15) is 4.72 Å². The number of carbonyl (C=O) groups excluding carboxylic acids is 2. The Morgan fingerprint density at radius 1 is 1.00 bits per heavy atom. The van der Waals surface area contributed by atoms with Gasteiger partial charge in [-0.25, -0.2) is 8.42 Å². The SMILES string of the molecule is CC(C)(C)OC(=O)C(CNC(=O)c1ccc(-c2ccccc2CNCB=O)s1)NS(=O)(=O)c1ccccc1. The number of hydrogen-bond donors (Lipinski definition) is 3. The molecule has 38 heavy (non-hydrogen) atoms. The molecule has 0 aliphatic rings. The Bertz CT molecular complexity index is 1370. The molecule has 0 fully saturated rings. The number of hydrogen-bond acceptors (Lipinski definition) is 8. The number of amides is 1. The van der Waals surface area contributed by atoms with Crippen LogP contribution < -0.4 is 15.4 Å². The molecule has 1 aromatic heterocycles. The zero-order valence-electron chi connectivity index (χ0n) is 21.4. The molecule has 1 amide bonds. The normalized spacial score (nSPS) is 12.4. The molecule has 3 N–H and O–H groups in total. The summed E-state index contributed by atoms with van der Waals surface area (Å²) < 4.78 is 44.1. The van der Waals surface area contributed by atoms with Crippen molar-refractivity contribution >= 4 is 40.4 Å². The second kappa shape index (κ2) is 13.1. The molecule has 2 aromatic carbocycles. The van der Waals surface area contributed by atoms with Gasteiger partial charge in [0.2, 0.25) is 10.0 Å². The Hall–Kier alpha value is -3.19. The molecule has 0 saturated heterocycles. The molecule has 0 radical (unpaired) electrons. The summed E-state index contributed by atoms with van der Waals surface area (Å²) in [7, 11) is -3.25. The molecule has 0 aliphatic heterocycles. The predicted molar refractivity (Wildman–Crippen MR) is 147 cm³/mol. The van der Waals surface area contributed by atoms with E-state index in [2.05, 4.69) is 15.4 Å². The summed E-state index contributed by atoms with van der Waals surface area (Å²) in [6.07, 6.45) is 0.235. The Morgan fingerprint density at radius 2 is 1.68 bits per heavy atom. The first-order valence-corrected chi connectivity index (χ1v) is 14.2. The maximum absolute atomic E-state index is 13.0. The fourth-order valence-electron chi connectivity index (χ4n) is 3.47. The van der Waals surface area contributed by atoms with Crippen LogP contribution in [-0.2, 0) is 30.8 Å². The van der Waals surface area contributed by atoms with Gasteiger partial charge in [-0.05, 0) is 32.9 Å². The molecule has 1 unspecified atom stereocenters. The summed E-state index contributed by atoms with van der Waals surface area (Å²) in [4.78, 5) is 27.0. The van der Waals surface area contributed by atoms with Gasteiger partial charge in [-0.3, -0.25) is 4.79 Å². The van der Waals surface area contributed by atoms with Gasteiger partial charge in [0.1, 0.15) is 5.60 Å². The maximum atomic E-state index is 13.0. The average Bonchev–Trinajstić information content (AvgIpc) is 3.36. The zero-order chi connectivity index (χ0) is 27.8. The van der Waals surface area contributed by atoms with Crippen molar-refractivity contribution in [3.05, 3.63) is 77.2 Å². The third-order valence-corrected chi connectivity index (χ3v) is 7.77. The molecule has 3 aromatic rings. The maximum Gasteiger partial charge on any atom is 0.241 e. The van der Waals surface area contributed by atoms with Crippen LogP contribution in [0.4, 0.5) is 0 Å². The van der Waals surface area contributed by atoms with Gasteiger partial charge < -0.3 is 4.74 Å². The van der Waals surface area contributed by atoms with Crippen molar-refractivity contribution in [2.45, 2.75) is 43.9 Å². The van der Waals surface area contributed by atoms with Crippen molar-refractivity contribution in [2.24, 2.45) is 0 Å². The summed E-state index contributed by atoms with van der Waals surface area (Å²) in [6.45, 7) is 5.20. The molecule has 0 bridgehead atoms. The molecule has 0 spiro atoms. The molecule has 0 saturated carbocycles. The van der Waals surface area contributed by atoms with Crippen molar-refractivity contribution in [1.82, 2.24) is 15.4 Å². The van der Waals surface area contributed by atoms with E-state index in [0.29, 0.717) is 11.4 Å². The molecular weight excluding hydrogens is 525 g/mol. The molecule has 1 atom stereocenters. The first-order valence-electron chi connectivity index (χ1n) is 11.9. The molecule has 0 aliphatic carbocycles. The summed E-state index contributed by atoms with van der Waals surface area (Å²) in [5.74, 6) is -1.26. The van der Waals surface area contributed by atoms with Gasteiger partial charge in [0, 0.05) is 0 Å². The third-order valence-electron chi connectivity index (χ3n) is 5.16. The van der Waals surface area contributed by atoms with E-state index in [0.717, 1.165) is 23.2 Å². The quantitative estimate of drug-likeness (QED) is 0.178. The van der Waals surface area contributed by atoms with Crippen molar-refractivity contribution < 1.29 is 27.4 Å². The van der Waals surface area contributed by atoms with Crippen molar-refractivity contribution in [2.75, 3.05) is 13.0 Å². The van der Waals surface area contributed by atoms with E-state index in [9.17, 15) is 22.7 Å². The summed E-state index contributed by atoms with van der Waals surface area (Å²) in [5.41, 5.74) is 1.05. The van der Waals surface area contributed by atoms with Crippen LogP contribution in [-0.4, -0.2) is 52.1 Å². The Morgan fingerprint density at radius 3 is 2.37 bits per heavy atom. The minimum Gasteiger partial charge on any atom is -0.207 e. The smallest absolute Gasteiger partial charge is 0.207 e. The molecule has 12 heteroatoms. The fraction of sp³-hybridized carbons (Fsp3) is 0.308. The van der Waals surface area contributed by atoms with E-state index in [1.165, 1.54) is 23.5 Å². The third kappa shape index (κ3) is 8.42. The largest absolute Gasteiger partial charge is 0.241 e. The van der Waals surface area contributed by atoms with Crippen LogP contribution in [0.3, 0.4) is 0 Å². The molecular formula is C26H30BN3O6S2. The number of benzene rings is 2. The minimum atomic E-state index is -4.05. The Balaban J connectivity index is 1.75. The molecule has 9 nitrogen and oxygen atoms in total. The van der Waals surface area contributed by atoms with Crippen molar-refractivity contribution in [3.63, 3.8) is 0 Å². The summed E-state index contributed by atoms with van der Waals surface area (Å²) >= 11 is 1.26. The van der Waals surface area contributed by atoms with Gasteiger partial charge in [0.05, 0.1) is 4.90 Å². The number of rotatable bonds is 12. The van der Waals surface area contributed by atoms with E-state index in [1.54, 1.807) is 45.0 Å². The first-order chi connectivity index (χ1) is 18.0. The number of sulfonamides is 1. The van der Waals surface area contributed by atoms with E-state index < -0.39 is 33.5 Å².